The lowest BCUT2D eigenvalue weighted by molar-refractivity contribution is 0.163. The summed E-state index contributed by atoms with van der Waals surface area (Å²) in [6.07, 6.45) is 12.5. The second-order valence-electron chi connectivity index (χ2n) is 5.41. The van der Waals surface area contributed by atoms with Gasteiger partial charge in [-0.1, -0.05) is 64.7 Å². The van der Waals surface area contributed by atoms with Crippen molar-refractivity contribution in [2.45, 2.75) is 77.2 Å². The van der Waals surface area contributed by atoms with Crippen LogP contribution in [0.3, 0.4) is 0 Å². The Kier molecular flexibility index (Phi) is 10.5. The Morgan fingerprint density at radius 1 is 1.00 bits per heavy atom. The summed E-state index contributed by atoms with van der Waals surface area (Å²) in [5.41, 5.74) is 1.03. The lowest BCUT2D eigenvalue weighted by Crippen LogP contribution is -1.96. The maximum Gasteiger partial charge on any atom is 0.0809 e. The molecule has 1 aromatic rings. The van der Waals surface area contributed by atoms with Crippen LogP contribution in [0.15, 0.2) is 13.6 Å². The van der Waals surface area contributed by atoms with Gasteiger partial charge < -0.3 is 5.11 Å². The molecule has 1 aromatic heterocycles. The van der Waals surface area contributed by atoms with Crippen LogP contribution in [-0.4, -0.2) is 5.11 Å². The molecular formula is C16H26Br2OS. The van der Waals surface area contributed by atoms with E-state index >= 15 is 0 Å². The van der Waals surface area contributed by atoms with Crippen molar-refractivity contribution in [3.63, 3.8) is 0 Å². The van der Waals surface area contributed by atoms with Crippen LogP contribution in [0, 0.1) is 0 Å². The van der Waals surface area contributed by atoms with Crippen molar-refractivity contribution < 1.29 is 5.11 Å². The number of aliphatic hydroxyl groups excluding tert-OH is 1. The van der Waals surface area contributed by atoms with Gasteiger partial charge in [0.1, 0.15) is 0 Å². The van der Waals surface area contributed by atoms with Gasteiger partial charge in [-0.3, -0.25) is 0 Å². The maximum absolute atomic E-state index is 10.2. The predicted molar refractivity (Wildman–Crippen MR) is 96.5 cm³/mol. The van der Waals surface area contributed by atoms with Crippen molar-refractivity contribution >= 4 is 43.2 Å². The lowest BCUT2D eigenvalue weighted by atomic mass is 10.0. The summed E-state index contributed by atoms with van der Waals surface area (Å²) in [4.78, 5) is 0. The first-order valence-electron chi connectivity index (χ1n) is 7.78. The normalized spacial score (nSPS) is 12.8. The highest BCUT2D eigenvalue weighted by molar-refractivity contribution is 9.12. The summed E-state index contributed by atoms with van der Waals surface area (Å²) >= 11 is 8.59. The summed E-state index contributed by atoms with van der Waals surface area (Å²) < 4.78 is 2.12. The van der Waals surface area contributed by atoms with Gasteiger partial charge in [0.2, 0.25) is 0 Å². The van der Waals surface area contributed by atoms with E-state index in [0.29, 0.717) is 0 Å². The summed E-state index contributed by atoms with van der Waals surface area (Å²) in [5, 5.41) is 10.2. The average Bonchev–Trinajstić information content (AvgIpc) is 2.75. The van der Waals surface area contributed by atoms with Gasteiger partial charge in [-0.25, -0.2) is 0 Å². The quantitative estimate of drug-likeness (QED) is 0.370. The van der Waals surface area contributed by atoms with Crippen LogP contribution >= 0.6 is 43.2 Å². The van der Waals surface area contributed by atoms with E-state index in [0.717, 1.165) is 26.0 Å². The summed E-state index contributed by atoms with van der Waals surface area (Å²) in [7, 11) is 0. The standard InChI is InChI=1S/C16H26Br2OS/c1-2-3-4-5-6-7-8-9-10-11-14(19)13-12-15(17)20-16(13)18/h12,14,19H,2-11H2,1H3. The molecule has 1 nitrogen and oxygen atoms in total. The van der Waals surface area contributed by atoms with E-state index in [1.807, 2.05) is 6.07 Å². The number of halogens is 2. The van der Waals surface area contributed by atoms with Gasteiger partial charge in [0, 0.05) is 5.56 Å². The van der Waals surface area contributed by atoms with E-state index < -0.39 is 0 Å². The van der Waals surface area contributed by atoms with Crippen LogP contribution in [0.25, 0.3) is 0 Å². The fourth-order valence-corrected chi connectivity index (χ4v) is 5.34. The number of unbranched alkanes of at least 4 members (excludes halogenated alkanes) is 8. The third kappa shape index (κ3) is 7.58. The molecule has 0 saturated heterocycles. The van der Waals surface area contributed by atoms with Gasteiger partial charge in [-0.15, -0.1) is 11.3 Å². The zero-order chi connectivity index (χ0) is 14.8. The molecule has 0 saturated carbocycles. The minimum Gasteiger partial charge on any atom is -0.388 e. The molecule has 0 spiro atoms. The Balaban J connectivity index is 2.02. The highest BCUT2D eigenvalue weighted by Crippen LogP contribution is 2.37. The lowest BCUT2D eigenvalue weighted by Gasteiger charge is -2.09. The molecular weight excluding hydrogens is 400 g/mol. The predicted octanol–water partition coefficient (Wildman–Crippen LogP) is 7.23. The summed E-state index contributed by atoms with van der Waals surface area (Å²) in [6.45, 7) is 2.26. The Hall–Kier alpha value is 0.620. The van der Waals surface area contributed by atoms with Gasteiger partial charge in [-0.05, 0) is 44.3 Å². The third-order valence-corrected chi connectivity index (χ3v) is 6.01. The topological polar surface area (TPSA) is 20.2 Å². The fourth-order valence-electron chi connectivity index (χ4n) is 2.38. The largest absolute Gasteiger partial charge is 0.388 e. The Bertz CT molecular complexity index is 365. The summed E-state index contributed by atoms with van der Waals surface area (Å²) in [5.74, 6) is 0. The highest BCUT2D eigenvalue weighted by atomic mass is 79.9. The first-order valence-corrected chi connectivity index (χ1v) is 10.2. The van der Waals surface area contributed by atoms with E-state index in [-0.39, 0.29) is 6.10 Å². The molecule has 0 aliphatic carbocycles. The molecule has 1 N–H and O–H groups in total. The maximum atomic E-state index is 10.2. The second-order valence-corrected chi connectivity index (χ2v) is 9.16. The number of hydrogen-bond donors (Lipinski definition) is 1. The van der Waals surface area contributed by atoms with Crippen LogP contribution in [0.1, 0.15) is 82.8 Å². The van der Waals surface area contributed by atoms with E-state index in [1.54, 1.807) is 11.3 Å². The number of thiophene rings is 1. The molecule has 116 valence electrons. The minimum atomic E-state index is -0.323. The molecule has 0 aliphatic rings. The zero-order valence-electron chi connectivity index (χ0n) is 12.3. The average molecular weight is 426 g/mol. The monoisotopic (exact) mass is 424 g/mol. The zero-order valence-corrected chi connectivity index (χ0v) is 16.3. The first-order chi connectivity index (χ1) is 9.65. The number of hydrogen-bond acceptors (Lipinski definition) is 2. The number of rotatable bonds is 11. The van der Waals surface area contributed by atoms with E-state index in [2.05, 4.69) is 38.8 Å². The molecule has 0 aromatic carbocycles. The Morgan fingerprint density at radius 3 is 2.05 bits per heavy atom. The molecule has 1 atom stereocenters. The molecule has 0 amide bonds. The van der Waals surface area contributed by atoms with Crippen LogP contribution in [0.5, 0.6) is 0 Å². The number of aliphatic hydroxyl groups is 1. The molecule has 20 heavy (non-hydrogen) atoms. The van der Waals surface area contributed by atoms with E-state index in [9.17, 15) is 5.11 Å². The van der Waals surface area contributed by atoms with Gasteiger partial charge in [0.05, 0.1) is 13.7 Å². The fraction of sp³-hybridized carbons (Fsp3) is 0.750. The van der Waals surface area contributed by atoms with Crippen LogP contribution in [0.4, 0.5) is 0 Å². The van der Waals surface area contributed by atoms with Gasteiger partial charge in [-0.2, -0.15) is 0 Å². The Labute approximate surface area is 144 Å². The molecule has 1 rings (SSSR count). The van der Waals surface area contributed by atoms with E-state index in [1.165, 1.54) is 51.4 Å². The SMILES string of the molecule is CCCCCCCCCCCC(O)c1cc(Br)sc1Br. The molecule has 1 unspecified atom stereocenters. The van der Waals surface area contributed by atoms with Gasteiger partial charge >= 0.3 is 0 Å². The highest BCUT2D eigenvalue weighted by Gasteiger charge is 2.13. The summed E-state index contributed by atoms with van der Waals surface area (Å²) in [6, 6.07) is 2.02. The third-order valence-electron chi connectivity index (χ3n) is 3.62. The first kappa shape index (κ1) is 18.7. The Morgan fingerprint density at radius 2 is 1.55 bits per heavy atom. The molecule has 0 fully saturated rings. The second kappa shape index (κ2) is 11.2. The van der Waals surface area contributed by atoms with Crippen molar-refractivity contribution in [2.75, 3.05) is 0 Å². The van der Waals surface area contributed by atoms with Crippen molar-refractivity contribution in [3.8, 4) is 0 Å². The molecule has 1 heterocycles. The van der Waals surface area contributed by atoms with Crippen LogP contribution in [0.2, 0.25) is 0 Å². The van der Waals surface area contributed by atoms with Gasteiger partial charge in [0.15, 0.2) is 0 Å². The molecule has 0 radical (unpaired) electrons. The molecule has 0 aliphatic heterocycles. The van der Waals surface area contributed by atoms with Crippen molar-refractivity contribution in [1.82, 2.24) is 0 Å². The molecule has 4 heteroatoms. The minimum absolute atomic E-state index is 0.323. The van der Waals surface area contributed by atoms with Crippen LogP contribution < -0.4 is 0 Å². The van der Waals surface area contributed by atoms with Crippen molar-refractivity contribution in [2.24, 2.45) is 0 Å². The van der Waals surface area contributed by atoms with E-state index in [4.69, 9.17) is 0 Å². The smallest absolute Gasteiger partial charge is 0.0809 e. The molecule has 0 bridgehead atoms. The van der Waals surface area contributed by atoms with Crippen molar-refractivity contribution in [1.29, 1.82) is 0 Å². The van der Waals surface area contributed by atoms with Gasteiger partial charge in [0.25, 0.3) is 0 Å². The van der Waals surface area contributed by atoms with Crippen LogP contribution in [-0.2, 0) is 0 Å². The van der Waals surface area contributed by atoms with Crippen molar-refractivity contribution in [3.05, 3.63) is 19.2 Å².